The second-order valence-electron chi connectivity index (χ2n) is 12.2. The van der Waals surface area contributed by atoms with Crippen molar-refractivity contribution in [3.05, 3.63) is 100 Å². The number of nitrogens with one attached hydrogen (secondary N) is 2. The van der Waals surface area contributed by atoms with Crippen LogP contribution in [0.3, 0.4) is 0 Å². The minimum atomic E-state index is -0.950. The Balaban J connectivity index is 1.82. The van der Waals surface area contributed by atoms with Gasteiger partial charge in [0, 0.05) is 36.8 Å². The molecule has 7 nitrogen and oxygen atoms in total. The normalized spacial score (nSPS) is 12.5. The summed E-state index contributed by atoms with van der Waals surface area (Å²) >= 11 is 0. The van der Waals surface area contributed by atoms with Crippen molar-refractivity contribution in [1.29, 1.82) is 0 Å². The van der Waals surface area contributed by atoms with Gasteiger partial charge in [0.1, 0.15) is 18.2 Å². The lowest BCUT2D eigenvalue weighted by atomic mass is 9.99. The Morgan fingerprint density at radius 1 is 0.933 bits per heavy atom. The van der Waals surface area contributed by atoms with Gasteiger partial charge in [0.25, 0.3) is 11.8 Å². The van der Waals surface area contributed by atoms with Gasteiger partial charge < -0.3 is 25.4 Å². The highest BCUT2D eigenvalue weighted by atomic mass is 19.1. The first-order valence-electron chi connectivity index (χ1n) is 16.2. The van der Waals surface area contributed by atoms with Gasteiger partial charge in [-0.3, -0.25) is 9.59 Å². The molecule has 0 saturated heterocycles. The van der Waals surface area contributed by atoms with Crippen LogP contribution in [0.25, 0.3) is 0 Å². The third-order valence-electron chi connectivity index (χ3n) is 7.53. The average molecular weight is 620 g/mol. The number of benzene rings is 3. The number of halogens is 1. The summed E-state index contributed by atoms with van der Waals surface area (Å²) in [5.74, 6) is -0.0982. The van der Waals surface area contributed by atoms with Gasteiger partial charge in [0.15, 0.2) is 0 Å². The first-order valence-corrected chi connectivity index (χ1v) is 16.2. The van der Waals surface area contributed by atoms with Crippen molar-refractivity contribution < 1.29 is 23.8 Å². The summed E-state index contributed by atoms with van der Waals surface area (Å²) in [4.78, 5) is 28.8. The van der Waals surface area contributed by atoms with Crippen LogP contribution in [-0.4, -0.2) is 60.1 Å². The Labute approximate surface area is 268 Å². The number of aliphatic hydroxyl groups excluding tert-OH is 1. The van der Waals surface area contributed by atoms with Crippen molar-refractivity contribution in [3.8, 4) is 5.75 Å². The zero-order valence-electron chi connectivity index (χ0n) is 27.4. The molecule has 0 aliphatic heterocycles. The summed E-state index contributed by atoms with van der Waals surface area (Å²) in [7, 11) is 0. The highest BCUT2D eigenvalue weighted by Crippen LogP contribution is 2.21. The molecule has 0 saturated carbocycles. The van der Waals surface area contributed by atoms with Crippen LogP contribution >= 0.6 is 0 Å². The van der Waals surface area contributed by atoms with E-state index in [1.165, 1.54) is 12.1 Å². The second kappa shape index (κ2) is 18.3. The van der Waals surface area contributed by atoms with E-state index in [1.807, 2.05) is 56.0 Å². The summed E-state index contributed by atoms with van der Waals surface area (Å²) in [6, 6.07) is 18.5. The topological polar surface area (TPSA) is 90.9 Å². The zero-order valence-corrected chi connectivity index (χ0v) is 27.4. The fraction of sp³-hybridized carbons (Fsp3) is 0.459. The molecule has 0 bridgehead atoms. The lowest BCUT2D eigenvalue weighted by Crippen LogP contribution is -2.49. The maximum absolute atomic E-state index is 14.7. The summed E-state index contributed by atoms with van der Waals surface area (Å²) in [6.07, 6.45) is 1.86. The van der Waals surface area contributed by atoms with Crippen LogP contribution in [0, 0.1) is 18.7 Å². The first-order chi connectivity index (χ1) is 21.6. The fourth-order valence-electron chi connectivity index (χ4n) is 5.21. The van der Waals surface area contributed by atoms with E-state index < -0.39 is 23.9 Å². The van der Waals surface area contributed by atoms with E-state index >= 15 is 0 Å². The number of amides is 2. The third-order valence-corrected chi connectivity index (χ3v) is 7.53. The minimum absolute atomic E-state index is 0.106. The Kier molecular flexibility index (Phi) is 14.5. The minimum Gasteiger partial charge on any atom is -0.489 e. The predicted octanol–water partition coefficient (Wildman–Crippen LogP) is 6.31. The Bertz CT molecular complexity index is 1360. The van der Waals surface area contributed by atoms with Crippen LogP contribution in [-0.2, 0) is 13.0 Å². The van der Waals surface area contributed by atoms with E-state index in [0.29, 0.717) is 41.4 Å². The van der Waals surface area contributed by atoms with Crippen LogP contribution in [0.1, 0.15) is 84.4 Å². The molecule has 3 rings (SSSR count). The zero-order chi connectivity index (χ0) is 32.8. The molecule has 0 fully saturated rings. The van der Waals surface area contributed by atoms with Crippen LogP contribution in [0.2, 0.25) is 0 Å². The van der Waals surface area contributed by atoms with Crippen LogP contribution in [0.5, 0.6) is 5.75 Å². The predicted molar refractivity (Wildman–Crippen MR) is 178 cm³/mol. The SMILES string of the molecule is CCCN(CCC)C(=O)c1cc(C)cc(C(=O)N[C@@H](Cc2cc(F)cc(OCc3ccccc3)c2)[C@H](O)CNCCC(C)C)c1. The monoisotopic (exact) mass is 619 g/mol. The van der Waals surface area contributed by atoms with Gasteiger partial charge in [0.05, 0.1) is 12.1 Å². The largest absolute Gasteiger partial charge is 0.489 e. The number of carbonyl (C=O) groups is 2. The number of ether oxygens (including phenoxy) is 1. The van der Waals surface area contributed by atoms with Gasteiger partial charge in [0.2, 0.25) is 0 Å². The lowest BCUT2D eigenvalue weighted by molar-refractivity contribution is 0.0755. The number of hydrogen-bond acceptors (Lipinski definition) is 5. The molecule has 0 spiro atoms. The van der Waals surface area contributed by atoms with Crippen molar-refractivity contribution in [3.63, 3.8) is 0 Å². The van der Waals surface area contributed by atoms with Gasteiger partial charge in [-0.25, -0.2) is 4.39 Å². The molecule has 0 radical (unpaired) electrons. The Morgan fingerprint density at radius 3 is 2.29 bits per heavy atom. The molecule has 8 heteroatoms. The fourth-order valence-corrected chi connectivity index (χ4v) is 5.21. The molecule has 0 aliphatic carbocycles. The highest BCUT2D eigenvalue weighted by Gasteiger charge is 2.24. The quantitative estimate of drug-likeness (QED) is 0.145. The molecule has 3 aromatic rings. The van der Waals surface area contributed by atoms with E-state index in [-0.39, 0.29) is 25.5 Å². The van der Waals surface area contributed by atoms with E-state index in [4.69, 9.17) is 4.74 Å². The van der Waals surface area contributed by atoms with Crippen molar-refractivity contribution in [2.45, 2.75) is 79.1 Å². The lowest BCUT2D eigenvalue weighted by Gasteiger charge is -2.26. The van der Waals surface area contributed by atoms with Gasteiger partial charge in [-0.2, -0.15) is 0 Å². The highest BCUT2D eigenvalue weighted by molar-refractivity contribution is 6.00. The number of aliphatic hydroxyl groups is 1. The van der Waals surface area contributed by atoms with E-state index in [0.717, 1.165) is 36.9 Å². The molecule has 45 heavy (non-hydrogen) atoms. The molecule has 0 unspecified atom stereocenters. The summed E-state index contributed by atoms with van der Waals surface area (Å²) in [5, 5.41) is 17.5. The molecule has 3 N–H and O–H groups in total. The average Bonchev–Trinajstić information content (AvgIpc) is 3.01. The smallest absolute Gasteiger partial charge is 0.253 e. The second-order valence-corrected chi connectivity index (χ2v) is 12.2. The van der Waals surface area contributed by atoms with Crippen molar-refractivity contribution in [1.82, 2.24) is 15.5 Å². The third kappa shape index (κ3) is 11.9. The molecule has 0 aliphatic rings. The molecular formula is C37H50FN3O4. The Morgan fingerprint density at radius 2 is 1.62 bits per heavy atom. The van der Waals surface area contributed by atoms with Gasteiger partial charge in [-0.05, 0) is 92.1 Å². The van der Waals surface area contributed by atoms with E-state index in [1.54, 1.807) is 24.3 Å². The first kappa shape index (κ1) is 35.7. The molecule has 0 aromatic heterocycles. The van der Waals surface area contributed by atoms with Crippen LogP contribution in [0.4, 0.5) is 4.39 Å². The van der Waals surface area contributed by atoms with Crippen LogP contribution in [0.15, 0.2) is 66.7 Å². The van der Waals surface area contributed by atoms with E-state index in [9.17, 15) is 19.1 Å². The van der Waals surface area contributed by atoms with E-state index in [2.05, 4.69) is 24.5 Å². The Hall–Kier alpha value is -3.75. The standard InChI is InChI=1S/C37H50FN3O4/c1-6-15-41(16-7-2)37(44)31-18-27(5)17-30(22-31)36(43)40-34(35(42)24-39-14-13-26(3)4)21-29-19-32(38)23-33(20-29)45-25-28-11-9-8-10-12-28/h8-12,17-20,22-23,26,34-35,39,42H,6-7,13-16,21,24-25H2,1-5H3,(H,40,43)/t34-,35+/m0/s1. The maximum Gasteiger partial charge on any atom is 0.253 e. The summed E-state index contributed by atoms with van der Waals surface area (Å²) < 4.78 is 20.6. The number of nitrogens with zero attached hydrogens (tertiary/aromatic N) is 1. The summed E-state index contributed by atoms with van der Waals surface area (Å²) in [6.45, 7) is 12.7. The number of rotatable bonds is 18. The number of carbonyl (C=O) groups excluding carboxylic acids is 2. The van der Waals surface area contributed by atoms with Crippen molar-refractivity contribution in [2.24, 2.45) is 5.92 Å². The van der Waals surface area contributed by atoms with Crippen molar-refractivity contribution in [2.75, 3.05) is 26.2 Å². The molecule has 0 heterocycles. The molecule has 244 valence electrons. The summed E-state index contributed by atoms with van der Waals surface area (Å²) in [5.41, 5.74) is 3.12. The van der Waals surface area contributed by atoms with Crippen molar-refractivity contribution >= 4 is 11.8 Å². The number of hydrogen-bond donors (Lipinski definition) is 3. The molecule has 3 aromatic carbocycles. The number of aryl methyl sites for hydroxylation is 1. The maximum atomic E-state index is 14.7. The molecular weight excluding hydrogens is 569 g/mol. The van der Waals surface area contributed by atoms with Gasteiger partial charge in [-0.1, -0.05) is 58.0 Å². The molecule has 2 amide bonds. The van der Waals surface area contributed by atoms with Crippen LogP contribution < -0.4 is 15.4 Å². The molecule has 2 atom stereocenters. The van der Waals surface area contributed by atoms with Gasteiger partial charge >= 0.3 is 0 Å². The van der Waals surface area contributed by atoms with Gasteiger partial charge in [-0.15, -0.1) is 0 Å².